The average Bonchev–Trinajstić information content (AvgIpc) is 3.63. The maximum atomic E-state index is 13.5. The van der Waals surface area contributed by atoms with Crippen molar-refractivity contribution in [1.29, 1.82) is 0 Å². The predicted molar refractivity (Wildman–Crippen MR) is 147 cm³/mol. The van der Waals surface area contributed by atoms with E-state index in [1.54, 1.807) is 7.11 Å². The maximum Gasteiger partial charge on any atom is 0.325 e. The number of piperidine rings is 1. The van der Waals surface area contributed by atoms with Gasteiger partial charge in [-0.2, -0.15) is 0 Å². The van der Waals surface area contributed by atoms with Gasteiger partial charge in [-0.05, 0) is 60.8 Å². The van der Waals surface area contributed by atoms with Crippen LogP contribution >= 0.6 is 0 Å². The van der Waals surface area contributed by atoms with E-state index in [2.05, 4.69) is 39.4 Å². The van der Waals surface area contributed by atoms with Crippen molar-refractivity contribution in [1.82, 2.24) is 20.0 Å². The number of hydrogen-bond acceptors (Lipinski definition) is 5. The van der Waals surface area contributed by atoms with Crippen molar-refractivity contribution in [3.63, 3.8) is 0 Å². The summed E-state index contributed by atoms with van der Waals surface area (Å²) in [6.07, 6.45) is 4.27. The minimum absolute atomic E-state index is 0.122. The summed E-state index contributed by atoms with van der Waals surface area (Å²) in [6, 6.07) is 17.7. The van der Waals surface area contributed by atoms with E-state index >= 15 is 0 Å². The van der Waals surface area contributed by atoms with Crippen molar-refractivity contribution in [2.24, 2.45) is 11.8 Å². The van der Waals surface area contributed by atoms with Gasteiger partial charge in [0.05, 0.1) is 13.7 Å². The van der Waals surface area contributed by atoms with Crippen LogP contribution < -0.4 is 10.1 Å². The quantitative estimate of drug-likeness (QED) is 0.528. The third-order valence-electron chi connectivity index (χ3n) is 9.13. The molecule has 0 aromatic heterocycles. The number of nitrogens with one attached hydrogen (secondary N) is 1. The Morgan fingerprint density at radius 1 is 1.00 bits per heavy atom. The number of carbonyl (C=O) groups excluding carboxylic acids is 3. The molecule has 3 heterocycles. The summed E-state index contributed by atoms with van der Waals surface area (Å²) < 4.78 is 5.21. The highest BCUT2D eigenvalue weighted by Gasteiger charge is 2.52. The molecular formula is C31H38N4O4. The second kappa shape index (κ2) is 10.6. The van der Waals surface area contributed by atoms with E-state index in [0.717, 1.165) is 44.0 Å². The first-order valence-electron chi connectivity index (χ1n) is 14.3. The zero-order valence-corrected chi connectivity index (χ0v) is 22.7. The number of imide groups is 1. The van der Waals surface area contributed by atoms with Gasteiger partial charge in [0.1, 0.15) is 11.3 Å². The number of ether oxygens (including phenoxy) is 1. The van der Waals surface area contributed by atoms with Crippen molar-refractivity contribution in [2.45, 2.75) is 50.1 Å². The van der Waals surface area contributed by atoms with Gasteiger partial charge in [-0.25, -0.2) is 4.79 Å². The molecule has 2 aromatic rings. The summed E-state index contributed by atoms with van der Waals surface area (Å²) in [5.74, 6) is 2.18. The van der Waals surface area contributed by atoms with Gasteiger partial charge in [-0.15, -0.1) is 0 Å². The fourth-order valence-corrected chi connectivity index (χ4v) is 6.56. The van der Waals surface area contributed by atoms with Crippen molar-refractivity contribution in [2.75, 3.05) is 39.8 Å². The molecule has 0 bridgehead atoms. The summed E-state index contributed by atoms with van der Waals surface area (Å²) in [5, 5.41) is 3.04. The topological polar surface area (TPSA) is 82.2 Å². The fourth-order valence-electron chi connectivity index (χ4n) is 6.56. The number of hydrogen-bond donors (Lipinski definition) is 1. The fraction of sp³-hybridized carbons (Fsp3) is 0.516. The Balaban J connectivity index is 1.08. The number of carbonyl (C=O) groups is 3. The van der Waals surface area contributed by atoms with Gasteiger partial charge in [-0.3, -0.25) is 14.5 Å². The van der Waals surface area contributed by atoms with Crippen LogP contribution in [-0.4, -0.2) is 77.9 Å². The van der Waals surface area contributed by atoms with Crippen LogP contribution in [0.2, 0.25) is 0 Å². The third-order valence-corrected chi connectivity index (χ3v) is 9.13. The summed E-state index contributed by atoms with van der Waals surface area (Å²) in [4.78, 5) is 45.1. The Hall–Kier alpha value is -3.39. The number of rotatable bonds is 8. The molecule has 2 aromatic carbocycles. The zero-order valence-electron chi connectivity index (χ0n) is 22.7. The van der Waals surface area contributed by atoms with Gasteiger partial charge < -0.3 is 19.9 Å². The minimum Gasteiger partial charge on any atom is -0.497 e. The van der Waals surface area contributed by atoms with E-state index in [9.17, 15) is 14.4 Å². The number of methoxy groups -OCH3 is 1. The largest absolute Gasteiger partial charge is 0.497 e. The Labute approximate surface area is 230 Å². The van der Waals surface area contributed by atoms with Crippen molar-refractivity contribution in [3.05, 3.63) is 65.7 Å². The number of urea groups is 1. The Morgan fingerprint density at radius 3 is 2.38 bits per heavy atom. The van der Waals surface area contributed by atoms with Crippen LogP contribution in [0, 0.1) is 11.8 Å². The molecule has 6 rings (SSSR count). The Bertz CT molecular complexity index is 1200. The molecule has 3 aliphatic heterocycles. The van der Waals surface area contributed by atoms with E-state index in [0.29, 0.717) is 42.9 Å². The lowest BCUT2D eigenvalue weighted by atomic mass is 9.85. The lowest BCUT2D eigenvalue weighted by Crippen LogP contribution is -2.55. The molecule has 4 fully saturated rings. The molecule has 0 radical (unpaired) electrons. The second-order valence-electron chi connectivity index (χ2n) is 11.8. The molecule has 2 atom stereocenters. The van der Waals surface area contributed by atoms with Gasteiger partial charge >= 0.3 is 6.03 Å². The monoisotopic (exact) mass is 530 g/mol. The summed E-state index contributed by atoms with van der Waals surface area (Å²) in [7, 11) is 1.61. The van der Waals surface area contributed by atoms with E-state index in [-0.39, 0.29) is 18.5 Å². The molecule has 1 N–H and O–H groups in total. The molecule has 1 saturated carbocycles. The number of amides is 4. The van der Waals surface area contributed by atoms with Gasteiger partial charge in [0.15, 0.2) is 0 Å². The molecule has 1 aliphatic carbocycles. The highest BCUT2D eigenvalue weighted by molar-refractivity contribution is 6.07. The molecule has 3 saturated heterocycles. The molecule has 4 amide bonds. The average molecular weight is 531 g/mol. The molecule has 4 aliphatic rings. The molecule has 39 heavy (non-hydrogen) atoms. The van der Waals surface area contributed by atoms with E-state index in [4.69, 9.17) is 4.74 Å². The molecule has 2 unspecified atom stereocenters. The first-order valence-corrected chi connectivity index (χ1v) is 14.3. The normalized spacial score (nSPS) is 24.8. The predicted octanol–water partition coefficient (Wildman–Crippen LogP) is 3.62. The van der Waals surface area contributed by atoms with Crippen LogP contribution in [0.25, 0.3) is 0 Å². The van der Waals surface area contributed by atoms with Gasteiger partial charge in [0.2, 0.25) is 5.91 Å². The van der Waals surface area contributed by atoms with E-state index < -0.39 is 5.54 Å². The first kappa shape index (κ1) is 25.9. The van der Waals surface area contributed by atoms with Crippen molar-refractivity contribution < 1.29 is 19.1 Å². The minimum atomic E-state index is -0.819. The standard InChI is InChI=1S/C31H38N4O4/c1-39-26-11-9-23(10-12-26)18-35-29(37)31(32-30(35)38)13-15-33(16-14-31)19-25-20-34(28(36)17-22-7-8-22)21-27(25)24-5-3-2-4-6-24/h2-6,9-12,22,25,27H,7-8,13-21H2,1H3,(H,32,38). The smallest absolute Gasteiger partial charge is 0.325 e. The molecular weight excluding hydrogens is 492 g/mol. The van der Waals surface area contributed by atoms with Crippen LogP contribution in [0.3, 0.4) is 0 Å². The summed E-state index contributed by atoms with van der Waals surface area (Å²) >= 11 is 0. The van der Waals surface area contributed by atoms with Crippen molar-refractivity contribution in [3.8, 4) is 5.75 Å². The SMILES string of the molecule is COc1ccc(CN2C(=O)NC3(CCN(CC4CN(C(=O)CC5CC5)CC4c4ccccc4)CC3)C2=O)cc1. The van der Waals surface area contributed by atoms with Crippen molar-refractivity contribution >= 4 is 17.8 Å². The number of likely N-dealkylation sites (tertiary alicyclic amines) is 2. The Morgan fingerprint density at radius 2 is 1.72 bits per heavy atom. The van der Waals surface area contributed by atoms with E-state index in [1.165, 1.54) is 23.3 Å². The van der Waals surface area contributed by atoms with Gasteiger partial charge in [0, 0.05) is 45.1 Å². The highest BCUT2D eigenvalue weighted by Crippen LogP contribution is 2.38. The summed E-state index contributed by atoms with van der Waals surface area (Å²) in [5.41, 5.74) is 1.37. The lowest BCUT2D eigenvalue weighted by Gasteiger charge is -2.38. The number of nitrogens with zero attached hydrogens (tertiary/aromatic N) is 3. The Kier molecular flexibility index (Phi) is 7.06. The van der Waals surface area contributed by atoms with Gasteiger partial charge in [0.25, 0.3) is 5.91 Å². The lowest BCUT2D eigenvalue weighted by molar-refractivity contribution is -0.133. The first-order chi connectivity index (χ1) is 18.9. The molecule has 8 nitrogen and oxygen atoms in total. The summed E-state index contributed by atoms with van der Waals surface area (Å²) in [6.45, 7) is 4.21. The van der Waals surface area contributed by atoms with E-state index in [1.807, 2.05) is 30.3 Å². The molecule has 1 spiro atoms. The van der Waals surface area contributed by atoms with Crippen LogP contribution in [0.1, 0.15) is 49.1 Å². The van der Waals surface area contributed by atoms with Crippen LogP contribution in [0.5, 0.6) is 5.75 Å². The van der Waals surface area contributed by atoms with Crippen LogP contribution in [0.15, 0.2) is 54.6 Å². The van der Waals surface area contributed by atoms with Crippen LogP contribution in [0.4, 0.5) is 4.79 Å². The molecule has 8 heteroatoms. The second-order valence-corrected chi connectivity index (χ2v) is 11.8. The molecule has 206 valence electrons. The zero-order chi connectivity index (χ0) is 27.0. The van der Waals surface area contributed by atoms with Crippen LogP contribution in [-0.2, 0) is 16.1 Å². The third kappa shape index (κ3) is 5.39. The number of benzene rings is 2. The highest BCUT2D eigenvalue weighted by atomic mass is 16.5. The maximum absolute atomic E-state index is 13.5. The van der Waals surface area contributed by atoms with Gasteiger partial charge in [-0.1, -0.05) is 42.5 Å².